The molecule has 0 aliphatic heterocycles. The van der Waals surface area contributed by atoms with Crippen LogP contribution in [0.5, 0.6) is 0 Å². The van der Waals surface area contributed by atoms with Crippen LogP contribution >= 0.6 is 27.3 Å². The molecule has 1 atom stereocenters. The number of rotatable bonds is 4. The van der Waals surface area contributed by atoms with E-state index >= 15 is 0 Å². The topological polar surface area (TPSA) is 12.9 Å². The van der Waals surface area contributed by atoms with Gasteiger partial charge in [0.1, 0.15) is 0 Å². The predicted molar refractivity (Wildman–Crippen MR) is 57.9 cm³/mol. The molecule has 0 N–H and O–H groups in total. The molecule has 68 valence electrons. The van der Waals surface area contributed by atoms with Gasteiger partial charge in [-0.3, -0.25) is 0 Å². The van der Waals surface area contributed by atoms with Gasteiger partial charge in [0, 0.05) is 10.7 Å². The highest BCUT2D eigenvalue weighted by atomic mass is 79.9. The molecule has 0 aromatic carbocycles. The Balaban J connectivity index is 2.48. The van der Waals surface area contributed by atoms with E-state index in [1.165, 1.54) is 5.69 Å². The first-order valence-electron chi connectivity index (χ1n) is 4.17. The first kappa shape index (κ1) is 10.2. The summed E-state index contributed by atoms with van der Waals surface area (Å²) in [6.45, 7) is 4.52. The molecule has 1 aromatic rings. The molecule has 12 heavy (non-hydrogen) atoms. The minimum Gasteiger partial charge on any atom is -0.250 e. The number of halogens is 1. The maximum Gasteiger partial charge on any atom is 0.0794 e. The number of hydrogen-bond acceptors (Lipinski definition) is 2. The molecule has 1 rings (SSSR count). The van der Waals surface area contributed by atoms with Crippen molar-refractivity contribution in [3.8, 4) is 0 Å². The van der Waals surface area contributed by atoms with Crippen molar-refractivity contribution >= 4 is 27.3 Å². The fourth-order valence-corrected chi connectivity index (χ4v) is 2.62. The summed E-state index contributed by atoms with van der Waals surface area (Å²) in [6.07, 6.45) is 1.10. The standard InChI is InChI=1S/C9H14BrNS/c1-7(2)8(4-10)3-9-5-12-6-11-9/h5-8H,3-4H2,1-2H3. The lowest BCUT2D eigenvalue weighted by atomic mass is 9.94. The zero-order valence-electron chi connectivity index (χ0n) is 7.46. The average molecular weight is 248 g/mol. The minimum atomic E-state index is 0.715. The third kappa shape index (κ3) is 2.87. The lowest BCUT2D eigenvalue weighted by molar-refractivity contribution is 0.424. The molecule has 0 bridgehead atoms. The molecule has 0 radical (unpaired) electrons. The number of alkyl halides is 1. The van der Waals surface area contributed by atoms with Crippen LogP contribution in [0, 0.1) is 11.8 Å². The molecular weight excluding hydrogens is 234 g/mol. The third-order valence-corrected chi connectivity index (χ3v) is 3.56. The van der Waals surface area contributed by atoms with Crippen molar-refractivity contribution in [2.45, 2.75) is 20.3 Å². The zero-order chi connectivity index (χ0) is 8.97. The zero-order valence-corrected chi connectivity index (χ0v) is 9.86. The van der Waals surface area contributed by atoms with Gasteiger partial charge in [0.25, 0.3) is 0 Å². The molecule has 0 spiro atoms. The Morgan fingerprint density at radius 2 is 2.33 bits per heavy atom. The molecule has 0 aliphatic rings. The highest BCUT2D eigenvalue weighted by molar-refractivity contribution is 9.09. The summed E-state index contributed by atoms with van der Waals surface area (Å²) in [5, 5.41) is 3.21. The summed E-state index contributed by atoms with van der Waals surface area (Å²) >= 11 is 5.22. The second kappa shape index (κ2) is 4.97. The van der Waals surface area contributed by atoms with Crippen LogP contribution in [0.4, 0.5) is 0 Å². The van der Waals surface area contributed by atoms with Crippen LogP contribution in [-0.2, 0) is 6.42 Å². The Kier molecular flexibility index (Phi) is 4.22. The van der Waals surface area contributed by atoms with Crippen LogP contribution in [0.15, 0.2) is 10.9 Å². The number of nitrogens with zero attached hydrogens (tertiary/aromatic N) is 1. The second-order valence-electron chi connectivity index (χ2n) is 3.34. The second-order valence-corrected chi connectivity index (χ2v) is 4.71. The van der Waals surface area contributed by atoms with E-state index in [0.717, 1.165) is 17.7 Å². The molecular formula is C9H14BrNS. The van der Waals surface area contributed by atoms with Gasteiger partial charge in [0.2, 0.25) is 0 Å². The quantitative estimate of drug-likeness (QED) is 0.744. The summed E-state index contributed by atoms with van der Waals surface area (Å²) in [7, 11) is 0. The third-order valence-electron chi connectivity index (χ3n) is 2.10. The first-order chi connectivity index (χ1) is 5.74. The first-order valence-corrected chi connectivity index (χ1v) is 6.23. The van der Waals surface area contributed by atoms with Crippen molar-refractivity contribution in [2.75, 3.05) is 5.33 Å². The van der Waals surface area contributed by atoms with Crippen LogP contribution < -0.4 is 0 Å². The monoisotopic (exact) mass is 247 g/mol. The molecule has 0 saturated heterocycles. The van der Waals surface area contributed by atoms with E-state index in [0.29, 0.717) is 5.92 Å². The minimum absolute atomic E-state index is 0.715. The van der Waals surface area contributed by atoms with Gasteiger partial charge in [-0.15, -0.1) is 11.3 Å². The molecule has 0 amide bonds. The smallest absolute Gasteiger partial charge is 0.0794 e. The number of thiazole rings is 1. The fraction of sp³-hybridized carbons (Fsp3) is 0.667. The van der Waals surface area contributed by atoms with E-state index in [1.807, 2.05) is 5.51 Å². The van der Waals surface area contributed by atoms with Crippen LogP contribution in [0.25, 0.3) is 0 Å². The molecule has 1 aromatic heterocycles. The summed E-state index contributed by atoms with van der Waals surface area (Å²) in [4.78, 5) is 4.28. The van der Waals surface area contributed by atoms with Crippen LogP contribution in [0.1, 0.15) is 19.5 Å². The maximum atomic E-state index is 4.28. The number of hydrogen-bond donors (Lipinski definition) is 0. The van der Waals surface area contributed by atoms with Gasteiger partial charge < -0.3 is 0 Å². The summed E-state index contributed by atoms with van der Waals surface area (Å²) in [6, 6.07) is 0. The Labute approximate surface area is 86.3 Å². The van der Waals surface area contributed by atoms with Crippen molar-refractivity contribution in [1.82, 2.24) is 4.98 Å². The highest BCUT2D eigenvalue weighted by Crippen LogP contribution is 2.19. The van der Waals surface area contributed by atoms with Crippen LogP contribution in [-0.4, -0.2) is 10.3 Å². The van der Waals surface area contributed by atoms with Gasteiger partial charge in [-0.25, -0.2) is 4.98 Å². The van der Waals surface area contributed by atoms with Crippen molar-refractivity contribution < 1.29 is 0 Å². The van der Waals surface area contributed by atoms with Crippen LogP contribution in [0.3, 0.4) is 0 Å². The molecule has 1 unspecified atom stereocenters. The summed E-state index contributed by atoms with van der Waals surface area (Å²) < 4.78 is 0. The highest BCUT2D eigenvalue weighted by Gasteiger charge is 2.13. The van der Waals surface area contributed by atoms with E-state index < -0.39 is 0 Å². The summed E-state index contributed by atoms with van der Waals surface area (Å²) in [5.41, 5.74) is 3.14. The maximum absolute atomic E-state index is 4.28. The van der Waals surface area contributed by atoms with E-state index in [4.69, 9.17) is 0 Å². The van der Waals surface area contributed by atoms with Gasteiger partial charge in [-0.05, 0) is 18.3 Å². The van der Waals surface area contributed by atoms with Crippen LogP contribution in [0.2, 0.25) is 0 Å². The molecule has 0 fully saturated rings. The number of aromatic nitrogens is 1. The van der Waals surface area contributed by atoms with Crippen molar-refractivity contribution in [3.05, 3.63) is 16.6 Å². The Hall–Kier alpha value is 0.110. The Bertz CT molecular complexity index is 208. The Morgan fingerprint density at radius 3 is 2.75 bits per heavy atom. The van der Waals surface area contributed by atoms with Gasteiger partial charge in [-0.2, -0.15) is 0 Å². The van der Waals surface area contributed by atoms with Gasteiger partial charge in [0.05, 0.1) is 11.2 Å². The largest absolute Gasteiger partial charge is 0.250 e. The van der Waals surface area contributed by atoms with Crippen molar-refractivity contribution in [2.24, 2.45) is 11.8 Å². The Morgan fingerprint density at radius 1 is 1.58 bits per heavy atom. The normalized spacial score (nSPS) is 13.7. The summed E-state index contributed by atoms with van der Waals surface area (Å²) in [5.74, 6) is 1.44. The van der Waals surface area contributed by atoms with Crippen molar-refractivity contribution in [3.63, 3.8) is 0 Å². The van der Waals surface area contributed by atoms with Crippen molar-refractivity contribution in [1.29, 1.82) is 0 Å². The van der Waals surface area contributed by atoms with E-state index in [-0.39, 0.29) is 0 Å². The molecule has 0 saturated carbocycles. The molecule has 1 nitrogen and oxygen atoms in total. The SMILES string of the molecule is CC(C)C(CBr)Cc1cscn1. The predicted octanol–water partition coefficient (Wildman–Crippen LogP) is 3.35. The van der Waals surface area contributed by atoms with E-state index in [9.17, 15) is 0 Å². The van der Waals surface area contributed by atoms with E-state index in [2.05, 4.69) is 40.1 Å². The molecule has 3 heteroatoms. The molecule has 1 heterocycles. The average Bonchev–Trinajstić information content (AvgIpc) is 2.51. The fourth-order valence-electron chi connectivity index (χ4n) is 1.08. The van der Waals surface area contributed by atoms with Gasteiger partial charge in [0.15, 0.2) is 0 Å². The van der Waals surface area contributed by atoms with Gasteiger partial charge >= 0.3 is 0 Å². The van der Waals surface area contributed by atoms with Gasteiger partial charge in [-0.1, -0.05) is 29.8 Å². The van der Waals surface area contributed by atoms with E-state index in [1.54, 1.807) is 11.3 Å². The lowest BCUT2D eigenvalue weighted by Crippen LogP contribution is -2.13. The molecule has 0 aliphatic carbocycles. The lowest BCUT2D eigenvalue weighted by Gasteiger charge is -2.16.